The SMILES string of the molecule is CCOC(=O)C(N)/C=C(/CCOCc1ccccc1)CP(=O)(O)O. The summed E-state index contributed by atoms with van der Waals surface area (Å²) in [5.74, 6) is -0.633. The van der Waals surface area contributed by atoms with Crippen LogP contribution in [0.3, 0.4) is 0 Å². The molecule has 0 aliphatic carbocycles. The van der Waals surface area contributed by atoms with Crippen molar-refractivity contribution in [2.75, 3.05) is 19.4 Å². The third-order valence-electron chi connectivity index (χ3n) is 3.06. The third kappa shape index (κ3) is 8.96. The van der Waals surface area contributed by atoms with E-state index in [-0.39, 0.29) is 19.6 Å². The van der Waals surface area contributed by atoms with Crippen LogP contribution >= 0.6 is 7.60 Å². The van der Waals surface area contributed by atoms with Crippen LogP contribution in [0.2, 0.25) is 0 Å². The maximum absolute atomic E-state index is 11.5. The van der Waals surface area contributed by atoms with E-state index in [0.29, 0.717) is 12.2 Å². The lowest BCUT2D eigenvalue weighted by atomic mass is 10.1. The number of esters is 1. The Hall–Kier alpha value is -1.50. The second-order valence-corrected chi connectivity index (χ2v) is 6.86. The van der Waals surface area contributed by atoms with E-state index in [0.717, 1.165) is 5.56 Å². The zero-order valence-corrected chi connectivity index (χ0v) is 14.5. The fourth-order valence-electron chi connectivity index (χ4n) is 2.01. The van der Waals surface area contributed by atoms with Gasteiger partial charge in [-0.3, -0.25) is 9.36 Å². The van der Waals surface area contributed by atoms with Gasteiger partial charge in [0, 0.05) is 0 Å². The number of ether oxygens (including phenoxy) is 2. The van der Waals surface area contributed by atoms with Crippen molar-refractivity contribution in [1.82, 2.24) is 0 Å². The Morgan fingerprint density at radius 3 is 2.58 bits per heavy atom. The maximum atomic E-state index is 11.5. The van der Waals surface area contributed by atoms with Crippen molar-refractivity contribution in [3.63, 3.8) is 0 Å². The summed E-state index contributed by atoms with van der Waals surface area (Å²) < 4.78 is 21.5. The lowest BCUT2D eigenvalue weighted by Crippen LogP contribution is -2.31. The molecule has 0 amide bonds. The highest BCUT2D eigenvalue weighted by Crippen LogP contribution is 2.37. The van der Waals surface area contributed by atoms with Gasteiger partial charge in [-0.25, -0.2) is 0 Å². The monoisotopic (exact) mass is 357 g/mol. The molecule has 0 aromatic heterocycles. The van der Waals surface area contributed by atoms with Crippen LogP contribution in [0.15, 0.2) is 42.0 Å². The highest BCUT2D eigenvalue weighted by atomic mass is 31.2. The molecule has 0 saturated carbocycles. The summed E-state index contributed by atoms with van der Waals surface area (Å²) in [7, 11) is -4.26. The molecule has 0 aliphatic rings. The van der Waals surface area contributed by atoms with Crippen LogP contribution in [-0.2, 0) is 25.4 Å². The second-order valence-electron chi connectivity index (χ2n) is 5.21. The van der Waals surface area contributed by atoms with Crippen molar-refractivity contribution in [2.24, 2.45) is 5.73 Å². The van der Waals surface area contributed by atoms with E-state index >= 15 is 0 Å². The summed E-state index contributed by atoms with van der Waals surface area (Å²) in [6, 6.07) is 8.49. The predicted molar refractivity (Wildman–Crippen MR) is 90.3 cm³/mol. The van der Waals surface area contributed by atoms with Gasteiger partial charge in [0.25, 0.3) is 0 Å². The molecule has 4 N–H and O–H groups in total. The van der Waals surface area contributed by atoms with E-state index in [9.17, 15) is 9.36 Å². The fourth-order valence-corrected chi connectivity index (χ4v) is 2.80. The summed E-state index contributed by atoms with van der Waals surface area (Å²) in [6.07, 6.45) is 1.14. The first-order chi connectivity index (χ1) is 11.3. The van der Waals surface area contributed by atoms with E-state index in [2.05, 4.69) is 0 Å². The number of hydrogen-bond acceptors (Lipinski definition) is 5. The first-order valence-electron chi connectivity index (χ1n) is 7.60. The predicted octanol–water partition coefficient (Wildman–Crippen LogP) is 1.59. The Morgan fingerprint density at radius 1 is 1.33 bits per heavy atom. The molecule has 0 spiro atoms. The van der Waals surface area contributed by atoms with E-state index in [1.165, 1.54) is 6.08 Å². The molecule has 24 heavy (non-hydrogen) atoms. The lowest BCUT2D eigenvalue weighted by Gasteiger charge is -2.13. The Bertz CT molecular complexity index is 583. The quantitative estimate of drug-likeness (QED) is 0.252. The van der Waals surface area contributed by atoms with Crippen LogP contribution in [0.4, 0.5) is 0 Å². The molecular weight excluding hydrogens is 333 g/mol. The molecule has 0 bridgehead atoms. The number of nitrogens with two attached hydrogens (primary N) is 1. The van der Waals surface area contributed by atoms with E-state index in [1.54, 1.807) is 6.92 Å². The number of carbonyl (C=O) groups excluding carboxylic acids is 1. The molecule has 1 atom stereocenters. The molecule has 0 fully saturated rings. The average Bonchev–Trinajstić information content (AvgIpc) is 2.51. The van der Waals surface area contributed by atoms with Crippen LogP contribution in [0, 0.1) is 0 Å². The molecule has 1 aromatic rings. The molecule has 1 unspecified atom stereocenters. The van der Waals surface area contributed by atoms with Crippen molar-refractivity contribution in [3.05, 3.63) is 47.5 Å². The Labute approximate surface area is 141 Å². The molecular formula is C16H24NO6P. The van der Waals surface area contributed by atoms with Crippen molar-refractivity contribution < 1.29 is 28.6 Å². The molecule has 0 heterocycles. The fraction of sp³-hybridized carbons (Fsp3) is 0.438. The summed E-state index contributed by atoms with van der Waals surface area (Å²) >= 11 is 0. The molecule has 1 rings (SSSR count). The zero-order chi connectivity index (χ0) is 18.0. The van der Waals surface area contributed by atoms with Gasteiger partial charge in [0.15, 0.2) is 0 Å². The highest BCUT2D eigenvalue weighted by Gasteiger charge is 2.19. The minimum absolute atomic E-state index is 0.189. The maximum Gasteiger partial charge on any atom is 0.329 e. The summed E-state index contributed by atoms with van der Waals surface area (Å²) in [5, 5.41) is 0. The zero-order valence-electron chi connectivity index (χ0n) is 13.6. The van der Waals surface area contributed by atoms with Gasteiger partial charge in [0.05, 0.1) is 26.0 Å². The smallest absolute Gasteiger partial charge is 0.329 e. The molecule has 0 aliphatic heterocycles. The first-order valence-corrected chi connectivity index (χ1v) is 9.39. The van der Waals surface area contributed by atoms with Crippen LogP contribution in [0.25, 0.3) is 0 Å². The summed E-state index contributed by atoms with van der Waals surface area (Å²) in [5.41, 5.74) is 7.05. The minimum atomic E-state index is -4.26. The third-order valence-corrected chi connectivity index (χ3v) is 3.88. The van der Waals surface area contributed by atoms with Gasteiger partial charge < -0.3 is 25.0 Å². The van der Waals surface area contributed by atoms with Crippen molar-refractivity contribution in [1.29, 1.82) is 0 Å². The minimum Gasteiger partial charge on any atom is -0.465 e. The van der Waals surface area contributed by atoms with Gasteiger partial charge in [-0.2, -0.15) is 0 Å². The number of hydrogen-bond donors (Lipinski definition) is 3. The molecule has 8 heteroatoms. The van der Waals surface area contributed by atoms with Gasteiger partial charge >= 0.3 is 13.6 Å². The number of carbonyl (C=O) groups is 1. The van der Waals surface area contributed by atoms with Gasteiger partial charge in [-0.1, -0.05) is 42.0 Å². The van der Waals surface area contributed by atoms with Crippen molar-refractivity contribution in [2.45, 2.75) is 26.0 Å². The molecule has 134 valence electrons. The van der Waals surface area contributed by atoms with Gasteiger partial charge in [-0.15, -0.1) is 0 Å². The van der Waals surface area contributed by atoms with Crippen molar-refractivity contribution in [3.8, 4) is 0 Å². The standard InChI is InChI=1S/C16H24NO6P/c1-2-23-16(18)15(17)10-14(12-24(19,20)21)8-9-22-11-13-6-4-3-5-7-13/h3-7,10,15H,2,8-9,11-12,17H2,1H3,(H2,19,20,21)/b14-10-. The summed E-state index contributed by atoms with van der Waals surface area (Å²) in [6.45, 7) is 2.50. The summed E-state index contributed by atoms with van der Waals surface area (Å²) in [4.78, 5) is 29.8. The lowest BCUT2D eigenvalue weighted by molar-refractivity contribution is -0.143. The van der Waals surface area contributed by atoms with Crippen LogP contribution in [0.1, 0.15) is 18.9 Å². The van der Waals surface area contributed by atoms with Gasteiger partial charge in [0.1, 0.15) is 6.04 Å². The van der Waals surface area contributed by atoms with Crippen LogP contribution < -0.4 is 5.73 Å². The van der Waals surface area contributed by atoms with Gasteiger partial charge in [-0.05, 0) is 18.9 Å². The molecule has 0 saturated heterocycles. The van der Waals surface area contributed by atoms with Crippen LogP contribution in [0.5, 0.6) is 0 Å². The van der Waals surface area contributed by atoms with E-state index < -0.39 is 25.8 Å². The van der Waals surface area contributed by atoms with Gasteiger partial charge in [0.2, 0.25) is 0 Å². The second kappa shape index (κ2) is 10.4. The van der Waals surface area contributed by atoms with Crippen LogP contribution in [-0.4, -0.2) is 41.2 Å². The topological polar surface area (TPSA) is 119 Å². The number of rotatable bonds is 10. The highest BCUT2D eigenvalue weighted by molar-refractivity contribution is 7.52. The normalized spacial score (nSPS) is 13.6. The average molecular weight is 357 g/mol. The molecule has 1 aromatic carbocycles. The first kappa shape index (κ1) is 20.5. The Balaban J connectivity index is 2.58. The molecule has 0 radical (unpaired) electrons. The Morgan fingerprint density at radius 2 is 2.00 bits per heavy atom. The number of benzene rings is 1. The van der Waals surface area contributed by atoms with E-state index in [1.807, 2.05) is 30.3 Å². The van der Waals surface area contributed by atoms with Crippen molar-refractivity contribution >= 4 is 13.6 Å². The molecule has 7 nitrogen and oxygen atoms in total. The largest absolute Gasteiger partial charge is 0.465 e. The van der Waals surface area contributed by atoms with E-state index in [4.69, 9.17) is 25.0 Å². The Kier molecular flexibility index (Phi) is 8.89.